The highest BCUT2D eigenvalue weighted by atomic mass is 16.2. The van der Waals surface area contributed by atoms with Crippen molar-refractivity contribution in [2.24, 2.45) is 5.73 Å². The molecule has 1 aromatic rings. The fourth-order valence-corrected chi connectivity index (χ4v) is 2.36. The number of carbonyl (C=O) groups is 2. The lowest BCUT2D eigenvalue weighted by molar-refractivity contribution is -0.137. The third-order valence-corrected chi connectivity index (χ3v) is 3.47. The number of nitrogen functional groups attached to an aromatic ring is 1. The standard InChI is InChI=1S/C15H19N3O2/c16-12-7-4-11(5-8-12)6-9-14(19)18-10-2-1-3-13(18)15(17)20/h4-9,13H,1-3,10,16H2,(H2,17,20)/b9-6+. The van der Waals surface area contributed by atoms with Crippen molar-refractivity contribution < 1.29 is 9.59 Å². The zero-order valence-corrected chi connectivity index (χ0v) is 11.3. The number of rotatable bonds is 3. The highest BCUT2D eigenvalue weighted by Crippen LogP contribution is 2.17. The highest BCUT2D eigenvalue weighted by molar-refractivity contribution is 5.95. The summed E-state index contributed by atoms with van der Waals surface area (Å²) >= 11 is 0. The molecule has 0 bridgehead atoms. The van der Waals surface area contributed by atoms with Gasteiger partial charge in [-0.3, -0.25) is 9.59 Å². The summed E-state index contributed by atoms with van der Waals surface area (Å²) in [7, 11) is 0. The van der Waals surface area contributed by atoms with Crippen LogP contribution in [0.2, 0.25) is 0 Å². The molecule has 1 aliphatic rings. The first-order chi connectivity index (χ1) is 9.58. The summed E-state index contributed by atoms with van der Waals surface area (Å²) < 4.78 is 0. The maximum atomic E-state index is 12.2. The van der Waals surface area contributed by atoms with Crippen molar-refractivity contribution >= 4 is 23.6 Å². The average molecular weight is 273 g/mol. The number of likely N-dealkylation sites (tertiary alicyclic amines) is 1. The predicted octanol–water partition coefficient (Wildman–Crippen LogP) is 1.15. The molecule has 106 valence electrons. The number of carbonyl (C=O) groups excluding carboxylic acids is 2. The summed E-state index contributed by atoms with van der Waals surface area (Å²) in [6, 6.07) is 6.74. The van der Waals surface area contributed by atoms with Crippen LogP contribution < -0.4 is 11.5 Å². The van der Waals surface area contributed by atoms with E-state index in [1.54, 1.807) is 23.1 Å². The molecule has 0 radical (unpaired) electrons. The molecular formula is C15H19N3O2. The Morgan fingerprint density at radius 1 is 1.20 bits per heavy atom. The Morgan fingerprint density at radius 2 is 1.90 bits per heavy atom. The molecule has 5 heteroatoms. The summed E-state index contributed by atoms with van der Waals surface area (Å²) in [6.07, 6.45) is 5.68. The van der Waals surface area contributed by atoms with Gasteiger partial charge in [0.1, 0.15) is 6.04 Å². The van der Waals surface area contributed by atoms with E-state index in [1.807, 2.05) is 12.1 Å². The number of hydrogen-bond acceptors (Lipinski definition) is 3. The number of nitrogens with two attached hydrogens (primary N) is 2. The van der Waals surface area contributed by atoms with Gasteiger partial charge in [-0.15, -0.1) is 0 Å². The maximum absolute atomic E-state index is 12.2. The Morgan fingerprint density at radius 3 is 2.55 bits per heavy atom. The Hall–Kier alpha value is -2.30. The number of hydrogen-bond donors (Lipinski definition) is 2. The number of piperidine rings is 1. The maximum Gasteiger partial charge on any atom is 0.247 e. The number of benzene rings is 1. The van der Waals surface area contributed by atoms with E-state index in [2.05, 4.69) is 0 Å². The van der Waals surface area contributed by atoms with Crippen LogP contribution in [0.1, 0.15) is 24.8 Å². The second-order valence-electron chi connectivity index (χ2n) is 4.95. The molecule has 1 saturated heterocycles. The molecule has 1 aromatic carbocycles. The van der Waals surface area contributed by atoms with Crippen LogP contribution in [0.15, 0.2) is 30.3 Å². The van der Waals surface area contributed by atoms with Gasteiger partial charge >= 0.3 is 0 Å². The molecule has 5 nitrogen and oxygen atoms in total. The highest BCUT2D eigenvalue weighted by Gasteiger charge is 2.29. The molecule has 1 fully saturated rings. The van der Waals surface area contributed by atoms with Crippen LogP contribution in [-0.2, 0) is 9.59 Å². The molecule has 0 aromatic heterocycles. The Labute approximate surface area is 118 Å². The molecule has 0 saturated carbocycles. The second-order valence-corrected chi connectivity index (χ2v) is 4.95. The van der Waals surface area contributed by atoms with Crippen LogP contribution in [0.25, 0.3) is 6.08 Å². The summed E-state index contributed by atoms with van der Waals surface area (Å²) in [5.41, 5.74) is 12.5. The van der Waals surface area contributed by atoms with Crippen molar-refractivity contribution in [3.63, 3.8) is 0 Å². The van der Waals surface area contributed by atoms with Crippen LogP contribution in [0.3, 0.4) is 0 Å². The van der Waals surface area contributed by atoms with Crippen LogP contribution in [-0.4, -0.2) is 29.3 Å². The van der Waals surface area contributed by atoms with E-state index < -0.39 is 11.9 Å². The molecule has 1 unspecified atom stereocenters. The van der Waals surface area contributed by atoms with Crippen molar-refractivity contribution in [3.8, 4) is 0 Å². The summed E-state index contributed by atoms with van der Waals surface area (Å²) in [4.78, 5) is 25.1. The SMILES string of the molecule is NC(=O)C1CCCCN1C(=O)/C=C/c1ccc(N)cc1. The molecular weight excluding hydrogens is 254 g/mol. The number of primary amides is 1. The number of anilines is 1. The molecule has 4 N–H and O–H groups in total. The van der Waals surface area contributed by atoms with E-state index in [0.717, 1.165) is 18.4 Å². The number of nitrogens with zero attached hydrogens (tertiary/aromatic N) is 1. The lowest BCUT2D eigenvalue weighted by Crippen LogP contribution is -2.49. The minimum absolute atomic E-state index is 0.176. The lowest BCUT2D eigenvalue weighted by atomic mass is 10.0. The molecule has 2 amide bonds. The van der Waals surface area contributed by atoms with Gasteiger partial charge in [0.05, 0.1) is 0 Å². The smallest absolute Gasteiger partial charge is 0.247 e. The normalized spacial score (nSPS) is 19.2. The summed E-state index contributed by atoms with van der Waals surface area (Å²) in [5, 5.41) is 0. The molecule has 0 spiro atoms. The zero-order valence-electron chi connectivity index (χ0n) is 11.3. The molecule has 2 rings (SSSR count). The molecule has 1 aliphatic heterocycles. The van der Waals surface area contributed by atoms with Gasteiger partial charge in [-0.05, 0) is 43.0 Å². The van der Waals surface area contributed by atoms with Gasteiger partial charge in [-0.1, -0.05) is 12.1 Å². The van der Waals surface area contributed by atoms with Gasteiger partial charge in [-0.25, -0.2) is 0 Å². The van der Waals surface area contributed by atoms with Crippen molar-refractivity contribution in [3.05, 3.63) is 35.9 Å². The van der Waals surface area contributed by atoms with Gasteiger partial charge in [0.25, 0.3) is 0 Å². The number of amides is 2. The van der Waals surface area contributed by atoms with Crippen LogP contribution in [0.4, 0.5) is 5.69 Å². The zero-order chi connectivity index (χ0) is 14.5. The van der Waals surface area contributed by atoms with E-state index in [1.165, 1.54) is 6.08 Å². The average Bonchev–Trinajstić information content (AvgIpc) is 2.46. The van der Waals surface area contributed by atoms with E-state index in [9.17, 15) is 9.59 Å². The minimum atomic E-state index is -0.479. The van der Waals surface area contributed by atoms with Crippen molar-refractivity contribution in [1.29, 1.82) is 0 Å². The molecule has 20 heavy (non-hydrogen) atoms. The van der Waals surface area contributed by atoms with E-state index in [-0.39, 0.29) is 5.91 Å². The fraction of sp³-hybridized carbons (Fsp3) is 0.333. The van der Waals surface area contributed by atoms with Crippen molar-refractivity contribution in [2.45, 2.75) is 25.3 Å². The van der Waals surface area contributed by atoms with E-state index in [4.69, 9.17) is 11.5 Å². The van der Waals surface area contributed by atoms with Crippen LogP contribution in [0.5, 0.6) is 0 Å². The van der Waals surface area contributed by atoms with Gasteiger partial charge in [0, 0.05) is 18.3 Å². The van der Waals surface area contributed by atoms with Gasteiger partial charge < -0.3 is 16.4 Å². The minimum Gasteiger partial charge on any atom is -0.399 e. The van der Waals surface area contributed by atoms with E-state index in [0.29, 0.717) is 18.7 Å². The van der Waals surface area contributed by atoms with Gasteiger partial charge in [0.15, 0.2) is 0 Å². The Kier molecular flexibility index (Phi) is 4.40. The molecule has 1 atom stereocenters. The third kappa shape index (κ3) is 3.38. The van der Waals surface area contributed by atoms with Crippen molar-refractivity contribution in [1.82, 2.24) is 4.90 Å². The lowest BCUT2D eigenvalue weighted by Gasteiger charge is -2.32. The largest absolute Gasteiger partial charge is 0.399 e. The van der Waals surface area contributed by atoms with Gasteiger partial charge in [0.2, 0.25) is 11.8 Å². The summed E-state index contributed by atoms with van der Waals surface area (Å²) in [6.45, 7) is 0.582. The quantitative estimate of drug-likeness (QED) is 0.639. The van der Waals surface area contributed by atoms with E-state index >= 15 is 0 Å². The van der Waals surface area contributed by atoms with Crippen molar-refractivity contribution in [2.75, 3.05) is 12.3 Å². The topological polar surface area (TPSA) is 89.4 Å². The Balaban J connectivity index is 2.06. The third-order valence-electron chi connectivity index (χ3n) is 3.47. The molecule has 0 aliphatic carbocycles. The Bertz CT molecular complexity index is 522. The first-order valence-electron chi connectivity index (χ1n) is 6.71. The second kappa shape index (κ2) is 6.23. The predicted molar refractivity (Wildman–Crippen MR) is 78.4 cm³/mol. The fourth-order valence-electron chi connectivity index (χ4n) is 2.36. The van der Waals surface area contributed by atoms with Crippen LogP contribution >= 0.6 is 0 Å². The first kappa shape index (κ1) is 14.1. The monoisotopic (exact) mass is 273 g/mol. The van der Waals surface area contributed by atoms with Crippen LogP contribution in [0, 0.1) is 0 Å². The molecule has 1 heterocycles. The van der Waals surface area contributed by atoms with Gasteiger partial charge in [-0.2, -0.15) is 0 Å². The first-order valence-corrected chi connectivity index (χ1v) is 6.71. The summed E-state index contributed by atoms with van der Waals surface area (Å²) in [5.74, 6) is -0.607.